The number of ether oxygens (including phenoxy) is 1. The van der Waals surface area contributed by atoms with Crippen molar-refractivity contribution in [3.05, 3.63) is 11.8 Å². The molecule has 2 amide bonds. The van der Waals surface area contributed by atoms with Crippen molar-refractivity contribution in [1.29, 1.82) is 0 Å². The maximum atomic E-state index is 11.2. The topological polar surface area (TPSA) is 84.5 Å². The number of thioether (sulfide) groups is 1. The van der Waals surface area contributed by atoms with Gasteiger partial charge in [0.05, 0.1) is 4.75 Å². The van der Waals surface area contributed by atoms with E-state index in [9.17, 15) is 14.4 Å². The average Bonchev–Trinajstić information content (AvgIpc) is 2.45. The van der Waals surface area contributed by atoms with Crippen molar-refractivity contribution >= 4 is 28.7 Å². The highest BCUT2D eigenvalue weighted by atomic mass is 32.2. The van der Waals surface area contributed by atoms with Crippen LogP contribution in [0.4, 0.5) is 0 Å². The summed E-state index contributed by atoms with van der Waals surface area (Å²) in [6.07, 6.45) is 1.37. The van der Waals surface area contributed by atoms with Gasteiger partial charge in [0, 0.05) is 13.0 Å². The van der Waals surface area contributed by atoms with E-state index >= 15 is 0 Å². The van der Waals surface area contributed by atoms with Crippen molar-refractivity contribution in [1.82, 2.24) is 10.9 Å². The molecule has 0 unspecified atom stereocenters. The van der Waals surface area contributed by atoms with Crippen LogP contribution in [-0.4, -0.2) is 28.3 Å². The van der Waals surface area contributed by atoms with Gasteiger partial charge < -0.3 is 4.74 Å². The highest BCUT2D eigenvalue weighted by molar-refractivity contribution is 8.15. The fourth-order valence-electron chi connectivity index (χ4n) is 1.16. The Hall–Kier alpha value is -1.50. The maximum Gasteiger partial charge on any atom is 0.276 e. The van der Waals surface area contributed by atoms with E-state index in [0.717, 1.165) is 11.8 Å². The zero-order valence-corrected chi connectivity index (χ0v) is 10.6. The van der Waals surface area contributed by atoms with Crippen molar-refractivity contribution in [3.8, 4) is 0 Å². The standard InChI is InChI=1S/C10H14N2O4S/c1-6(13)11-12-8(14)5-16-7-4-9(15)17-10(7,2)3/h4H,5H2,1-3H3,(H,11,13)(H,12,14). The lowest BCUT2D eigenvalue weighted by Gasteiger charge is -2.20. The Morgan fingerprint density at radius 1 is 1.41 bits per heavy atom. The van der Waals surface area contributed by atoms with E-state index in [1.165, 1.54) is 13.0 Å². The first kappa shape index (κ1) is 13.6. The van der Waals surface area contributed by atoms with Crippen LogP contribution >= 0.6 is 11.8 Å². The smallest absolute Gasteiger partial charge is 0.276 e. The fraction of sp³-hybridized carbons (Fsp3) is 0.500. The largest absolute Gasteiger partial charge is 0.486 e. The molecular formula is C10H14N2O4S. The molecule has 94 valence electrons. The van der Waals surface area contributed by atoms with E-state index in [-0.39, 0.29) is 17.6 Å². The Labute approximate surface area is 103 Å². The Balaban J connectivity index is 2.41. The molecule has 7 heteroatoms. The molecule has 1 aliphatic rings. The summed E-state index contributed by atoms with van der Waals surface area (Å²) in [5.74, 6) is -0.392. The van der Waals surface area contributed by atoms with Crippen molar-refractivity contribution in [2.75, 3.05) is 6.61 Å². The van der Waals surface area contributed by atoms with Gasteiger partial charge in [-0.15, -0.1) is 0 Å². The quantitative estimate of drug-likeness (QED) is 0.702. The first-order chi connectivity index (χ1) is 7.81. The zero-order valence-electron chi connectivity index (χ0n) is 9.83. The number of hydrogen-bond donors (Lipinski definition) is 2. The molecule has 17 heavy (non-hydrogen) atoms. The molecule has 0 fully saturated rings. The van der Waals surface area contributed by atoms with Crippen LogP contribution in [0.2, 0.25) is 0 Å². The van der Waals surface area contributed by atoms with Gasteiger partial charge in [-0.2, -0.15) is 0 Å². The lowest BCUT2D eigenvalue weighted by Crippen LogP contribution is -2.42. The molecule has 0 radical (unpaired) electrons. The SMILES string of the molecule is CC(=O)NNC(=O)COC1=CC(=O)SC1(C)C. The minimum Gasteiger partial charge on any atom is -0.486 e. The maximum absolute atomic E-state index is 11.2. The summed E-state index contributed by atoms with van der Waals surface area (Å²) in [5, 5.41) is -0.0905. The summed E-state index contributed by atoms with van der Waals surface area (Å²) in [7, 11) is 0. The van der Waals surface area contributed by atoms with Crippen molar-refractivity contribution < 1.29 is 19.1 Å². The number of rotatable bonds is 3. The zero-order chi connectivity index (χ0) is 13.1. The Kier molecular flexibility index (Phi) is 4.17. The van der Waals surface area contributed by atoms with Crippen molar-refractivity contribution in [2.24, 2.45) is 0 Å². The molecule has 1 heterocycles. The number of hydrazine groups is 1. The highest BCUT2D eigenvalue weighted by Gasteiger charge is 2.35. The Morgan fingerprint density at radius 3 is 2.53 bits per heavy atom. The first-order valence-corrected chi connectivity index (χ1v) is 5.76. The molecule has 0 aromatic rings. The number of carbonyl (C=O) groups is 3. The van der Waals surface area contributed by atoms with Crippen LogP contribution < -0.4 is 10.9 Å². The van der Waals surface area contributed by atoms with E-state index in [4.69, 9.17) is 4.74 Å². The molecule has 1 aliphatic heterocycles. The molecule has 0 atom stereocenters. The summed E-state index contributed by atoms with van der Waals surface area (Å²) >= 11 is 1.14. The summed E-state index contributed by atoms with van der Waals surface area (Å²) in [4.78, 5) is 32.9. The summed E-state index contributed by atoms with van der Waals surface area (Å²) in [5.41, 5.74) is 4.30. The molecule has 0 bridgehead atoms. The molecule has 6 nitrogen and oxygen atoms in total. The minimum absolute atomic E-state index is 0.0905. The molecule has 2 N–H and O–H groups in total. The van der Waals surface area contributed by atoms with Crippen LogP contribution in [0.25, 0.3) is 0 Å². The van der Waals surface area contributed by atoms with Gasteiger partial charge in [0.25, 0.3) is 5.91 Å². The number of nitrogens with one attached hydrogen (secondary N) is 2. The van der Waals surface area contributed by atoms with Crippen LogP contribution in [0.15, 0.2) is 11.8 Å². The lowest BCUT2D eigenvalue weighted by molar-refractivity contribution is -0.130. The Bertz CT molecular complexity index is 390. The van der Waals surface area contributed by atoms with E-state index < -0.39 is 10.7 Å². The number of amides is 2. The van der Waals surface area contributed by atoms with Gasteiger partial charge in [0.1, 0.15) is 5.76 Å². The first-order valence-electron chi connectivity index (χ1n) is 4.94. The number of carbonyl (C=O) groups excluding carboxylic acids is 3. The summed E-state index contributed by atoms with van der Waals surface area (Å²) in [6, 6.07) is 0. The van der Waals surface area contributed by atoms with Crippen molar-refractivity contribution in [2.45, 2.75) is 25.5 Å². The highest BCUT2D eigenvalue weighted by Crippen LogP contribution is 2.39. The second-order valence-electron chi connectivity index (χ2n) is 3.96. The van der Waals surface area contributed by atoms with E-state index in [2.05, 4.69) is 10.9 Å². The predicted molar refractivity (Wildman–Crippen MR) is 62.7 cm³/mol. The second kappa shape index (κ2) is 5.22. The Morgan fingerprint density at radius 2 is 2.06 bits per heavy atom. The van der Waals surface area contributed by atoms with Gasteiger partial charge in [-0.05, 0) is 13.8 Å². The molecule has 1 rings (SSSR count). The van der Waals surface area contributed by atoms with Crippen LogP contribution in [0.5, 0.6) is 0 Å². The summed E-state index contributed by atoms with van der Waals surface area (Å²) in [6.45, 7) is 4.70. The van der Waals surface area contributed by atoms with Crippen LogP contribution in [-0.2, 0) is 19.1 Å². The van der Waals surface area contributed by atoms with Gasteiger partial charge in [0.2, 0.25) is 11.0 Å². The van der Waals surface area contributed by atoms with E-state index in [1.54, 1.807) is 0 Å². The molecule has 0 aromatic heterocycles. The fourth-order valence-corrected chi connectivity index (χ4v) is 2.05. The third kappa shape index (κ3) is 4.10. The van der Waals surface area contributed by atoms with Gasteiger partial charge in [0.15, 0.2) is 6.61 Å². The second-order valence-corrected chi connectivity index (χ2v) is 5.59. The van der Waals surface area contributed by atoms with Crippen LogP contribution in [0.1, 0.15) is 20.8 Å². The van der Waals surface area contributed by atoms with Gasteiger partial charge in [-0.3, -0.25) is 25.2 Å². The summed E-state index contributed by atoms with van der Waals surface area (Å²) < 4.78 is 4.79. The van der Waals surface area contributed by atoms with Crippen molar-refractivity contribution in [3.63, 3.8) is 0 Å². The molecular weight excluding hydrogens is 244 g/mol. The average molecular weight is 258 g/mol. The van der Waals surface area contributed by atoms with Crippen LogP contribution in [0.3, 0.4) is 0 Å². The third-order valence-corrected chi connectivity index (χ3v) is 2.97. The third-order valence-electron chi connectivity index (χ3n) is 1.93. The van der Waals surface area contributed by atoms with Gasteiger partial charge in [-0.25, -0.2) is 0 Å². The molecule has 0 spiro atoms. The molecule has 0 aromatic carbocycles. The van der Waals surface area contributed by atoms with Crippen LogP contribution in [0, 0.1) is 0 Å². The van der Waals surface area contributed by atoms with Gasteiger partial charge >= 0.3 is 0 Å². The predicted octanol–water partition coefficient (Wildman–Crippen LogP) is 0.106. The van der Waals surface area contributed by atoms with E-state index in [1.807, 2.05) is 13.8 Å². The number of hydrogen-bond acceptors (Lipinski definition) is 5. The lowest BCUT2D eigenvalue weighted by atomic mass is 10.1. The monoisotopic (exact) mass is 258 g/mol. The molecule has 0 aliphatic carbocycles. The minimum atomic E-state index is -0.485. The van der Waals surface area contributed by atoms with Gasteiger partial charge in [-0.1, -0.05) is 11.8 Å². The normalized spacial score (nSPS) is 17.4. The molecule has 0 saturated carbocycles. The molecule has 0 saturated heterocycles. The van der Waals surface area contributed by atoms with E-state index in [0.29, 0.717) is 5.76 Å².